The number of aliphatic hydroxyl groups is 1. The Morgan fingerprint density at radius 3 is 2.74 bits per heavy atom. The Bertz CT molecular complexity index is 312. The SMILES string of the molecule is CCCC(CCO)CN=C(NCC)NCC1CN(C)CCO1.I. The van der Waals surface area contributed by atoms with Crippen LogP contribution in [0.15, 0.2) is 4.99 Å². The average Bonchev–Trinajstić information content (AvgIpc) is 2.50. The summed E-state index contributed by atoms with van der Waals surface area (Å²) in [6.45, 7) is 9.62. The van der Waals surface area contributed by atoms with Gasteiger partial charge in [-0.3, -0.25) is 4.99 Å². The predicted octanol–water partition coefficient (Wildman–Crippen LogP) is 1.29. The maximum Gasteiger partial charge on any atom is 0.191 e. The average molecular weight is 442 g/mol. The van der Waals surface area contributed by atoms with Crippen molar-refractivity contribution in [1.82, 2.24) is 15.5 Å². The first-order valence-corrected chi connectivity index (χ1v) is 8.62. The Kier molecular flexibility index (Phi) is 14.2. The van der Waals surface area contributed by atoms with Gasteiger partial charge in [-0.15, -0.1) is 24.0 Å². The number of hydrogen-bond acceptors (Lipinski definition) is 4. The van der Waals surface area contributed by atoms with E-state index in [0.29, 0.717) is 5.92 Å². The summed E-state index contributed by atoms with van der Waals surface area (Å²) in [5.41, 5.74) is 0. The normalized spacial score (nSPS) is 20.7. The first-order valence-electron chi connectivity index (χ1n) is 8.62. The fraction of sp³-hybridized carbons (Fsp3) is 0.938. The largest absolute Gasteiger partial charge is 0.396 e. The van der Waals surface area contributed by atoms with Gasteiger partial charge in [-0.05, 0) is 32.7 Å². The van der Waals surface area contributed by atoms with Gasteiger partial charge in [0.2, 0.25) is 0 Å². The standard InChI is InChI=1S/C16H34N4O2.HI/c1-4-6-14(7-9-21)11-18-16(17-5-2)19-12-15-13-20(3)8-10-22-15;/h14-15,21H,4-13H2,1-3H3,(H2,17,18,19);1H. The van der Waals surface area contributed by atoms with E-state index in [1.54, 1.807) is 0 Å². The fourth-order valence-corrected chi connectivity index (χ4v) is 2.68. The number of halogens is 1. The molecule has 0 radical (unpaired) electrons. The number of guanidine groups is 1. The Morgan fingerprint density at radius 2 is 2.13 bits per heavy atom. The van der Waals surface area contributed by atoms with Gasteiger partial charge in [-0.1, -0.05) is 13.3 Å². The number of ether oxygens (including phenoxy) is 1. The zero-order chi connectivity index (χ0) is 16.2. The van der Waals surface area contributed by atoms with Crippen molar-refractivity contribution in [2.45, 2.75) is 39.2 Å². The van der Waals surface area contributed by atoms with Crippen molar-refractivity contribution in [1.29, 1.82) is 0 Å². The second kappa shape index (κ2) is 14.2. The molecule has 0 spiro atoms. The smallest absolute Gasteiger partial charge is 0.191 e. The second-order valence-corrected chi connectivity index (χ2v) is 6.02. The van der Waals surface area contributed by atoms with Crippen LogP contribution in [-0.4, -0.2) is 75.1 Å². The van der Waals surface area contributed by atoms with Crippen LogP contribution < -0.4 is 10.6 Å². The van der Waals surface area contributed by atoms with Crippen molar-refractivity contribution >= 4 is 29.9 Å². The van der Waals surface area contributed by atoms with Crippen LogP contribution in [-0.2, 0) is 4.74 Å². The summed E-state index contributed by atoms with van der Waals surface area (Å²) >= 11 is 0. The lowest BCUT2D eigenvalue weighted by Crippen LogP contribution is -2.48. The molecule has 7 heteroatoms. The maximum absolute atomic E-state index is 9.13. The number of likely N-dealkylation sites (N-methyl/N-ethyl adjacent to an activating group) is 1. The number of nitrogens with zero attached hydrogens (tertiary/aromatic N) is 2. The highest BCUT2D eigenvalue weighted by Crippen LogP contribution is 2.11. The van der Waals surface area contributed by atoms with Gasteiger partial charge in [-0.25, -0.2) is 0 Å². The first kappa shape index (κ1) is 22.9. The van der Waals surface area contributed by atoms with E-state index < -0.39 is 0 Å². The summed E-state index contributed by atoms with van der Waals surface area (Å²) in [5.74, 6) is 1.31. The fourth-order valence-electron chi connectivity index (χ4n) is 2.68. The lowest BCUT2D eigenvalue weighted by molar-refractivity contribution is -0.0161. The van der Waals surface area contributed by atoms with Crippen molar-refractivity contribution in [3.05, 3.63) is 0 Å². The van der Waals surface area contributed by atoms with E-state index in [-0.39, 0.29) is 36.7 Å². The van der Waals surface area contributed by atoms with Gasteiger partial charge in [0.05, 0.1) is 12.7 Å². The predicted molar refractivity (Wildman–Crippen MR) is 107 cm³/mol. The van der Waals surface area contributed by atoms with Gasteiger partial charge in [0, 0.05) is 39.3 Å². The van der Waals surface area contributed by atoms with Gasteiger partial charge in [-0.2, -0.15) is 0 Å². The highest BCUT2D eigenvalue weighted by atomic mass is 127. The summed E-state index contributed by atoms with van der Waals surface area (Å²) in [6.07, 6.45) is 3.28. The highest BCUT2D eigenvalue weighted by molar-refractivity contribution is 14.0. The van der Waals surface area contributed by atoms with Crippen LogP contribution in [0.5, 0.6) is 0 Å². The molecule has 0 bridgehead atoms. The van der Waals surface area contributed by atoms with Crippen molar-refractivity contribution in [3.63, 3.8) is 0 Å². The number of aliphatic hydroxyl groups excluding tert-OH is 1. The second-order valence-electron chi connectivity index (χ2n) is 6.02. The van der Waals surface area contributed by atoms with Crippen molar-refractivity contribution in [3.8, 4) is 0 Å². The topological polar surface area (TPSA) is 69.1 Å². The zero-order valence-corrected chi connectivity index (χ0v) is 17.2. The van der Waals surface area contributed by atoms with Gasteiger partial charge >= 0.3 is 0 Å². The summed E-state index contributed by atoms with van der Waals surface area (Å²) in [5, 5.41) is 15.8. The number of hydrogen-bond donors (Lipinski definition) is 3. The lowest BCUT2D eigenvalue weighted by atomic mass is 10.0. The minimum atomic E-state index is 0. The minimum Gasteiger partial charge on any atom is -0.396 e. The molecule has 2 atom stereocenters. The van der Waals surface area contributed by atoms with E-state index >= 15 is 0 Å². The molecule has 1 heterocycles. The number of nitrogens with one attached hydrogen (secondary N) is 2. The molecule has 3 N–H and O–H groups in total. The molecule has 23 heavy (non-hydrogen) atoms. The number of morpholine rings is 1. The van der Waals surface area contributed by atoms with Crippen molar-refractivity contribution < 1.29 is 9.84 Å². The molecular weight excluding hydrogens is 407 g/mol. The summed E-state index contributed by atoms with van der Waals surface area (Å²) in [7, 11) is 2.12. The Morgan fingerprint density at radius 1 is 1.35 bits per heavy atom. The van der Waals surface area contributed by atoms with Gasteiger partial charge in [0.1, 0.15) is 0 Å². The van der Waals surface area contributed by atoms with Crippen LogP contribution >= 0.6 is 24.0 Å². The van der Waals surface area contributed by atoms with Crippen LogP contribution in [0, 0.1) is 5.92 Å². The zero-order valence-electron chi connectivity index (χ0n) is 14.9. The van der Waals surface area contributed by atoms with Gasteiger partial charge in [0.25, 0.3) is 0 Å². The molecule has 0 aromatic carbocycles. The third-order valence-corrected chi connectivity index (χ3v) is 3.93. The number of aliphatic imine (C=N–C) groups is 1. The van der Waals surface area contributed by atoms with Gasteiger partial charge < -0.3 is 25.4 Å². The van der Waals surface area contributed by atoms with Crippen molar-refractivity contribution in [2.24, 2.45) is 10.9 Å². The molecule has 1 fully saturated rings. The van der Waals surface area contributed by atoms with E-state index in [2.05, 4.69) is 41.4 Å². The summed E-state index contributed by atoms with van der Waals surface area (Å²) < 4.78 is 5.76. The first-order chi connectivity index (χ1) is 10.7. The summed E-state index contributed by atoms with van der Waals surface area (Å²) in [4.78, 5) is 6.96. The Labute approximate surface area is 158 Å². The number of rotatable bonds is 9. The molecule has 6 nitrogen and oxygen atoms in total. The third kappa shape index (κ3) is 10.4. The Balaban J connectivity index is 0.00000484. The van der Waals surface area contributed by atoms with E-state index in [1.807, 2.05) is 0 Å². The monoisotopic (exact) mass is 442 g/mol. The highest BCUT2D eigenvalue weighted by Gasteiger charge is 2.17. The Hall–Kier alpha value is -0.120. The maximum atomic E-state index is 9.13. The van der Waals surface area contributed by atoms with E-state index in [9.17, 15) is 0 Å². The van der Waals surface area contributed by atoms with E-state index in [1.165, 1.54) is 0 Å². The molecule has 0 saturated carbocycles. The summed E-state index contributed by atoms with van der Waals surface area (Å²) in [6, 6.07) is 0. The van der Waals surface area contributed by atoms with Crippen LogP contribution in [0.4, 0.5) is 0 Å². The van der Waals surface area contributed by atoms with Gasteiger partial charge in [0.15, 0.2) is 5.96 Å². The minimum absolute atomic E-state index is 0. The third-order valence-electron chi connectivity index (χ3n) is 3.93. The molecule has 2 unspecified atom stereocenters. The molecule has 0 amide bonds. The molecule has 0 aromatic heterocycles. The van der Waals surface area contributed by atoms with E-state index in [4.69, 9.17) is 9.84 Å². The van der Waals surface area contributed by atoms with Crippen LogP contribution in [0.2, 0.25) is 0 Å². The molecule has 138 valence electrons. The molecule has 1 aliphatic heterocycles. The molecule has 0 aromatic rings. The van der Waals surface area contributed by atoms with Crippen LogP contribution in [0.25, 0.3) is 0 Å². The molecule has 1 aliphatic rings. The molecule has 1 rings (SSSR count). The molecule has 0 aliphatic carbocycles. The van der Waals surface area contributed by atoms with Crippen molar-refractivity contribution in [2.75, 3.05) is 53.0 Å². The van der Waals surface area contributed by atoms with Crippen LogP contribution in [0.1, 0.15) is 33.1 Å². The molecular formula is C16H35IN4O2. The quantitative estimate of drug-likeness (QED) is 0.285. The van der Waals surface area contributed by atoms with E-state index in [0.717, 1.165) is 64.6 Å². The molecule has 1 saturated heterocycles. The lowest BCUT2D eigenvalue weighted by Gasteiger charge is -2.30. The van der Waals surface area contributed by atoms with Crippen LogP contribution in [0.3, 0.4) is 0 Å².